The predicted octanol–water partition coefficient (Wildman–Crippen LogP) is 1.65. The quantitative estimate of drug-likeness (QED) is 0.609. The van der Waals surface area contributed by atoms with Crippen molar-refractivity contribution in [2.45, 2.75) is 25.8 Å². The lowest BCUT2D eigenvalue weighted by Crippen LogP contribution is -2.45. The van der Waals surface area contributed by atoms with Gasteiger partial charge in [0, 0.05) is 18.5 Å². The minimum atomic E-state index is 0.184. The summed E-state index contributed by atoms with van der Waals surface area (Å²) in [5.74, 6) is 5.86. The normalized spacial score (nSPS) is 21.2. The number of rotatable bonds is 0. The van der Waals surface area contributed by atoms with Crippen molar-refractivity contribution in [3.8, 4) is 0 Å². The molecule has 2 heteroatoms. The number of hydrogen-bond acceptors (Lipinski definition) is 2. The molecule has 0 bridgehead atoms. The second-order valence-corrected chi connectivity index (χ2v) is 4.45. The highest BCUT2D eigenvalue weighted by molar-refractivity contribution is 5.35. The Morgan fingerprint density at radius 1 is 1.31 bits per heavy atom. The van der Waals surface area contributed by atoms with Crippen molar-refractivity contribution >= 4 is 0 Å². The molecule has 0 atom stereocenters. The second kappa shape index (κ2) is 2.82. The molecule has 70 valence electrons. The zero-order valence-electron chi connectivity index (χ0n) is 8.25. The van der Waals surface area contributed by atoms with Gasteiger partial charge in [0.05, 0.1) is 0 Å². The molecule has 13 heavy (non-hydrogen) atoms. The lowest BCUT2D eigenvalue weighted by atomic mass is 9.79. The molecular formula is C11H16N2. The fraction of sp³-hybridized carbons (Fsp3) is 0.455. The van der Waals surface area contributed by atoms with Gasteiger partial charge in [-0.25, -0.2) is 5.01 Å². The molecule has 0 amide bonds. The van der Waals surface area contributed by atoms with Crippen molar-refractivity contribution in [3.05, 3.63) is 35.4 Å². The second-order valence-electron chi connectivity index (χ2n) is 4.45. The van der Waals surface area contributed by atoms with Crippen LogP contribution in [0, 0.1) is 0 Å². The summed E-state index contributed by atoms with van der Waals surface area (Å²) in [6.07, 6.45) is 0. The summed E-state index contributed by atoms with van der Waals surface area (Å²) >= 11 is 0. The maximum absolute atomic E-state index is 5.86. The van der Waals surface area contributed by atoms with Gasteiger partial charge in [0.1, 0.15) is 0 Å². The first-order chi connectivity index (χ1) is 6.09. The SMILES string of the molecule is CC1(C)CN(N)Cc2ccccc21. The molecule has 1 heterocycles. The molecule has 1 aliphatic heterocycles. The van der Waals surface area contributed by atoms with Gasteiger partial charge in [-0.3, -0.25) is 5.84 Å². The van der Waals surface area contributed by atoms with Crippen LogP contribution in [-0.2, 0) is 12.0 Å². The van der Waals surface area contributed by atoms with E-state index in [1.807, 2.05) is 5.01 Å². The smallest absolute Gasteiger partial charge is 0.0382 e. The third-order valence-electron chi connectivity index (χ3n) is 2.72. The summed E-state index contributed by atoms with van der Waals surface area (Å²) in [5.41, 5.74) is 2.99. The number of nitrogens with two attached hydrogens (primary N) is 1. The highest BCUT2D eigenvalue weighted by Crippen LogP contribution is 2.31. The van der Waals surface area contributed by atoms with E-state index >= 15 is 0 Å². The summed E-state index contributed by atoms with van der Waals surface area (Å²) in [6, 6.07) is 8.55. The topological polar surface area (TPSA) is 29.3 Å². The molecule has 0 aromatic heterocycles. The highest BCUT2D eigenvalue weighted by atomic mass is 15.4. The summed E-state index contributed by atoms with van der Waals surface area (Å²) in [7, 11) is 0. The maximum Gasteiger partial charge on any atom is 0.0382 e. The summed E-state index contributed by atoms with van der Waals surface area (Å²) < 4.78 is 0. The molecule has 1 aromatic carbocycles. The van der Waals surface area contributed by atoms with Gasteiger partial charge in [0.15, 0.2) is 0 Å². The van der Waals surface area contributed by atoms with Crippen LogP contribution in [0.15, 0.2) is 24.3 Å². The van der Waals surface area contributed by atoms with Crippen LogP contribution in [0.3, 0.4) is 0 Å². The number of hydrogen-bond donors (Lipinski definition) is 1. The van der Waals surface area contributed by atoms with Gasteiger partial charge < -0.3 is 0 Å². The average Bonchev–Trinajstić information content (AvgIpc) is 2.02. The van der Waals surface area contributed by atoms with Crippen LogP contribution in [0.4, 0.5) is 0 Å². The van der Waals surface area contributed by atoms with Crippen molar-refractivity contribution in [1.82, 2.24) is 5.01 Å². The summed E-state index contributed by atoms with van der Waals surface area (Å²) in [4.78, 5) is 0. The monoisotopic (exact) mass is 176 g/mol. The number of benzene rings is 1. The zero-order chi connectivity index (χ0) is 9.47. The molecular weight excluding hydrogens is 160 g/mol. The Morgan fingerprint density at radius 2 is 2.00 bits per heavy atom. The number of hydrazine groups is 1. The van der Waals surface area contributed by atoms with Crippen LogP contribution in [0.25, 0.3) is 0 Å². The van der Waals surface area contributed by atoms with Gasteiger partial charge >= 0.3 is 0 Å². The molecule has 0 aliphatic carbocycles. The fourth-order valence-electron chi connectivity index (χ4n) is 2.19. The van der Waals surface area contributed by atoms with Gasteiger partial charge in [-0.1, -0.05) is 38.1 Å². The first-order valence-electron chi connectivity index (χ1n) is 4.68. The molecule has 1 aromatic rings. The first kappa shape index (κ1) is 8.73. The van der Waals surface area contributed by atoms with Gasteiger partial charge in [-0.2, -0.15) is 0 Å². The van der Waals surface area contributed by atoms with Crippen LogP contribution in [0.5, 0.6) is 0 Å². The average molecular weight is 176 g/mol. The summed E-state index contributed by atoms with van der Waals surface area (Å²) in [5, 5.41) is 1.89. The van der Waals surface area contributed by atoms with Crippen molar-refractivity contribution in [1.29, 1.82) is 0 Å². The van der Waals surface area contributed by atoms with E-state index < -0.39 is 0 Å². The zero-order valence-corrected chi connectivity index (χ0v) is 8.25. The molecule has 2 N–H and O–H groups in total. The van der Waals surface area contributed by atoms with Crippen LogP contribution >= 0.6 is 0 Å². The van der Waals surface area contributed by atoms with Crippen molar-refractivity contribution in [2.24, 2.45) is 5.84 Å². The van der Waals surface area contributed by atoms with E-state index in [1.54, 1.807) is 0 Å². The molecule has 2 rings (SSSR count). The van der Waals surface area contributed by atoms with E-state index in [2.05, 4.69) is 38.1 Å². The lowest BCUT2D eigenvalue weighted by Gasteiger charge is -2.37. The predicted molar refractivity (Wildman–Crippen MR) is 54.1 cm³/mol. The number of nitrogens with zero attached hydrogens (tertiary/aromatic N) is 1. The van der Waals surface area contributed by atoms with E-state index in [0.29, 0.717) is 0 Å². The van der Waals surface area contributed by atoms with E-state index in [9.17, 15) is 0 Å². The van der Waals surface area contributed by atoms with E-state index in [-0.39, 0.29) is 5.41 Å². The number of fused-ring (bicyclic) bond motifs is 1. The van der Waals surface area contributed by atoms with E-state index in [4.69, 9.17) is 5.84 Å². The van der Waals surface area contributed by atoms with E-state index in [1.165, 1.54) is 11.1 Å². The minimum absolute atomic E-state index is 0.184. The Hall–Kier alpha value is -0.860. The Labute approximate surface area is 79.3 Å². The first-order valence-corrected chi connectivity index (χ1v) is 4.68. The Kier molecular flexibility index (Phi) is 1.90. The molecule has 2 nitrogen and oxygen atoms in total. The molecule has 0 unspecified atom stereocenters. The van der Waals surface area contributed by atoms with Crippen molar-refractivity contribution in [2.75, 3.05) is 6.54 Å². The summed E-state index contributed by atoms with van der Waals surface area (Å²) in [6.45, 7) is 6.29. The Morgan fingerprint density at radius 3 is 2.77 bits per heavy atom. The maximum atomic E-state index is 5.86. The standard InChI is InChI=1S/C11H16N2/c1-11(2)8-13(12)7-9-5-3-4-6-10(9)11/h3-6H,7-8,12H2,1-2H3. The fourth-order valence-corrected chi connectivity index (χ4v) is 2.19. The van der Waals surface area contributed by atoms with Gasteiger partial charge in [-0.05, 0) is 11.1 Å². The molecule has 1 aliphatic rings. The van der Waals surface area contributed by atoms with Crippen molar-refractivity contribution in [3.63, 3.8) is 0 Å². The van der Waals surface area contributed by atoms with Crippen molar-refractivity contribution < 1.29 is 0 Å². The van der Waals surface area contributed by atoms with Gasteiger partial charge in [0.25, 0.3) is 0 Å². The van der Waals surface area contributed by atoms with Crippen LogP contribution < -0.4 is 5.84 Å². The third kappa shape index (κ3) is 1.47. The molecule has 0 spiro atoms. The highest BCUT2D eigenvalue weighted by Gasteiger charge is 2.29. The lowest BCUT2D eigenvalue weighted by molar-refractivity contribution is 0.198. The van der Waals surface area contributed by atoms with Gasteiger partial charge in [-0.15, -0.1) is 0 Å². The largest absolute Gasteiger partial charge is 0.268 e. The molecule has 0 fully saturated rings. The van der Waals surface area contributed by atoms with Gasteiger partial charge in [0.2, 0.25) is 0 Å². The van der Waals surface area contributed by atoms with Crippen LogP contribution in [0.2, 0.25) is 0 Å². The molecule has 0 radical (unpaired) electrons. The molecule has 0 saturated heterocycles. The third-order valence-corrected chi connectivity index (χ3v) is 2.72. The Balaban J connectivity index is 2.50. The molecule has 0 saturated carbocycles. The minimum Gasteiger partial charge on any atom is -0.268 e. The van der Waals surface area contributed by atoms with Crippen LogP contribution in [0.1, 0.15) is 25.0 Å². The Bertz CT molecular complexity index is 318. The van der Waals surface area contributed by atoms with Crippen LogP contribution in [-0.4, -0.2) is 11.6 Å². The van der Waals surface area contributed by atoms with E-state index in [0.717, 1.165) is 13.1 Å².